The van der Waals surface area contributed by atoms with Gasteiger partial charge in [-0.3, -0.25) is 14.4 Å². The molecule has 0 saturated heterocycles. The number of fused-ring (bicyclic) bond motifs is 1. The number of nitrogens with one attached hydrogen (secondary N) is 1. The summed E-state index contributed by atoms with van der Waals surface area (Å²) in [7, 11) is 3.01. The maximum atomic E-state index is 14.1. The average molecular weight is 672 g/mol. The second-order valence-corrected chi connectivity index (χ2v) is 11.6. The molecule has 2 aromatic carbocycles. The van der Waals surface area contributed by atoms with Gasteiger partial charge in [-0.2, -0.15) is 14.0 Å². The standard InChI is InChI=1S/C28H23Cl3F2N4O5S/c1-41-7-3-6-36(14-38)19-8-16-12-37(13-17(16)9-20(19)42-2)27(40)23-21(10-22(28(31,32)33)35-26(23)39)43-25-18(29)5-4-15(11-34)24(25)30/h4-5,8-10,14H,3,6-7,12-13H2,1-2H3,(H,35,39). The molecule has 0 fully saturated rings. The van der Waals surface area contributed by atoms with E-state index in [9.17, 15) is 28.4 Å². The summed E-state index contributed by atoms with van der Waals surface area (Å²) in [6.07, 6.45) is 1.25. The Morgan fingerprint density at radius 2 is 1.93 bits per heavy atom. The number of rotatable bonds is 11. The lowest BCUT2D eigenvalue weighted by Gasteiger charge is -2.21. The van der Waals surface area contributed by atoms with Crippen LogP contribution in [0.15, 0.2) is 44.9 Å². The van der Waals surface area contributed by atoms with E-state index < -0.39 is 28.1 Å². The Bertz CT molecular complexity index is 1680. The van der Waals surface area contributed by atoms with Gasteiger partial charge < -0.3 is 24.3 Å². The van der Waals surface area contributed by atoms with Crippen LogP contribution in [0.5, 0.6) is 5.75 Å². The molecular weight excluding hydrogens is 649 g/mol. The minimum absolute atomic E-state index is 0.0539. The van der Waals surface area contributed by atoms with E-state index >= 15 is 0 Å². The Labute approximate surface area is 264 Å². The monoisotopic (exact) mass is 670 g/mol. The minimum atomic E-state index is -3.96. The molecule has 0 saturated carbocycles. The van der Waals surface area contributed by atoms with Gasteiger partial charge in [0.1, 0.15) is 23.1 Å². The Kier molecular flexibility index (Phi) is 10.2. The number of ether oxygens (including phenoxy) is 2. The topological polar surface area (TPSA) is 116 Å². The lowest BCUT2D eigenvalue weighted by molar-refractivity contribution is -0.107. The molecule has 226 valence electrons. The highest BCUT2D eigenvalue weighted by molar-refractivity contribution is 7.99. The second-order valence-electron chi connectivity index (χ2n) is 9.30. The van der Waals surface area contributed by atoms with Crippen molar-refractivity contribution in [3.63, 3.8) is 0 Å². The van der Waals surface area contributed by atoms with E-state index in [0.717, 1.165) is 6.07 Å². The molecule has 0 bridgehead atoms. The molecule has 1 aliphatic rings. The highest BCUT2D eigenvalue weighted by Gasteiger charge is 2.35. The van der Waals surface area contributed by atoms with E-state index in [1.54, 1.807) is 19.2 Å². The number of alkyl halides is 3. The van der Waals surface area contributed by atoms with Crippen LogP contribution in [0, 0.1) is 11.3 Å². The average Bonchev–Trinajstić information content (AvgIpc) is 3.39. The van der Waals surface area contributed by atoms with Crippen LogP contribution in [0.4, 0.5) is 14.5 Å². The smallest absolute Gasteiger partial charge is 0.362 e. The van der Waals surface area contributed by atoms with Gasteiger partial charge in [-0.15, -0.1) is 0 Å². The Balaban J connectivity index is 1.74. The number of benzene rings is 2. The fourth-order valence-electron chi connectivity index (χ4n) is 4.51. The number of pyridine rings is 1. The fourth-order valence-corrected chi connectivity index (χ4v) is 6.30. The van der Waals surface area contributed by atoms with Gasteiger partial charge in [0.25, 0.3) is 11.5 Å². The predicted octanol–water partition coefficient (Wildman–Crippen LogP) is 6.16. The number of H-pyrrole nitrogens is 1. The first-order valence-corrected chi connectivity index (χ1v) is 14.5. The molecule has 1 aliphatic heterocycles. The van der Waals surface area contributed by atoms with Crippen LogP contribution >= 0.6 is 46.6 Å². The van der Waals surface area contributed by atoms with Crippen molar-refractivity contribution in [2.24, 2.45) is 0 Å². The summed E-state index contributed by atoms with van der Waals surface area (Å²) in [5.41, 5.74) is -0.536. The first-order valence-electron chi connectivity index (χ1n) is 12.5. The maximum Gasteiger partial charge on any atom is 0.362 e. The lowest BCUT2D eigenvalue weighted by atomic mass is 10.1. The normalized spacial score (nSPS) is 12.6. The molecule has 0 radical (unpaired) electrons. The maximum absolute atomic E-state index is 14.1. The molecule has 3 aromatic rings. The van der Waals surface area contributed by atoms with E-state index in [1.165, 1.54) is 29.0 Å². The van der Waals surface area contributed by atoms with Gasteiger partial charge in [-0.05, 0) is 59.5 Å². The summed E-state index contributed by atoms with van der Waals surface area (Å²) < 4.78 is 38.8. The predicted molar refractivity (Wildman–Crippen MR) is 159 cm³/mol. The number of halogens is 5. The molecular formula is C28H23Cl3F2N4O5S. The van der Waals surface area contributed by atoms with Crippen molar-refractivity contribution in [1.29, 1.82) is 5.26 Å². The second kappa shape index (κ2) is 13.5. The third kappa shape index (κ3) is 6.92. The molecule has 2 amide bonds. The summed E-state index contributed by atoms with van der Waals surface area (Å²) >= 11 is 18.5. The number of nitriles is 1. The van der Waals surface area contributed by atoms with E-state index in [2.05, 4.69) is 0 Å². The fraction of sp³-hybridized carbons (Fsp3) is 0.286. The first-order chi connectivity index (χ1) is 20.4. The molecule has 0 unspecified atom stereocenters. The summed E-state index contributed by atoms with van der Waals surface area (Å²) in [4.78, 5) is 43.6. The zero-order valence-electron chi connectivity index (χ0n) is 22.7. The summed E-state index contributed by atoms with van der Waals surface area (Å²) in [5.74, 6) is -0.358. The lowest BCUT2D eigenvalue weighted by Crippen LogP contribution is -2.32. The van der Waals surface area contributed by atoms with E-state index in [0.29, 0.717) is 60.3 Å². The van der Waals surface area contributed by atoms with Gasteiger partial charge in [0.05, 0.1) is 33.3 Å². The van der Waals surface area contributed by atoms with Gasteiger partial charge in [0.2, 0.25) is 6.41 Å². The van der Waals surface area contributed by atoms with Crippen molar-refractivity contribution < 1.29 is 27.8 Å². The Morgan fingerprint density at radius 1 is 1.23 bits per heavy atom. The van der Waals surface area contributed by atoms with Gasteiger partial charge in [0.15, 0.2) is 0 Å². The number of aromatic nitrogens is 1. The zero-order chi connectivity index (χ0) is 31.5. The number of methoxy groups -OCH3 is 2. The van der Waals surface area contributed by atoms with Crippen molar-refractivity contribution >= 4 is 64.6 Å². The molecule has 0 aliphatic carbocycles. The zero-order valence-corrected chi connectivity index (χ0v) is 25.8. The van der Waals surface area contributed by atoms with Crippen molar-refractivity contribution in [3.8, 4) is 11.8 Å². The number of carbonyl (C=O) groups is 2. The molecule has 1 N–H and O–H groups in total. The van der Waals surface area contributed by atoms with Crippen LogP contribution in [-0.4, -0.2) is 49.6 Å². The summed E-state index contributed by atoms with van der Waals surface area (Å²) in [5, 5.41) is 5.42. The van der Waals surface area contributed by atoms with E-state index in [4.69, 9.17) is 44.3 Å². The van der Waals surface area contributed by atoms with E-state index in [1.807, 2.05) is 11.1 Å². The number of amides is 2. The highest BCUT2D eigenvalue weighted by Crippen LogP contribution is 2.43. The first kappa shape index (κ1) is 32.6. The number of anilines is 1. The van der Waals surface area contributed by atoms with Crippen LogP contribution in [0.3, 0.4) is 0 Å². The minimum Gasteiger partial charge on any atom is -0.495 e. The van der Waals surface area contributed by atoms with Gasteiger partial charge in [0, 0.05) is 38.2 Å². The SMILES string of the molecule is COCCCN(C=O)c1cc2c(cc1OC)CN(C(=O)c1c(Sc3c(Cl)ccc(C#N)c3Cl)cc(C(F)(F)Cl)[nH]c1=O)C2. The Hall–Kier alpha value is -3.34. The molecule has 1 aromatic heterocycles. The van der Waals surface area contributed by atoms with Crippen LogP contribution in [-0.2, 0) is 28.0 Å². The molecule has 2 heterocycles. The summed E-state index contributed by atoms with van der Waals surface area (Å²) in [6, 6.07) is 8.98. The molecule has 15 heteroatoms. The van der Waals surface area contributed by atoms with Crippen LogP contribution in [0.25, 0.3) is 0 Å². The van der Waals surface area contributed by atoms with Crippen molar-refractivity contribution in [2.75, 3.05) is 32.3 Å². The quantitative estimate of drug-likeness (QED) is 0.148. The number of hydrogen-bond donors (Lipinski definition) is 1. The Morgan fingerprint density at radius 3 is 2.53 bits per heavy atom. The third-order valence-electron chi connectivity index (χ3n) is 6.59. The van der Waals surface area contributed by atoms with Crippen LogP contribution in [0.2, 0.25) is 10.0 Å². The van der Waals surface area contributed by atoms with Gasteiger partial charge in [-0.25, -0.2) is 0 Å². The number of carbonyl (C=O) groups excluding carboxylic acids is 2. The number of aromatic amines is 1. The number of hydrogen-bond acceptors (Lipinski definition) is 7. The molecule has 0 spiro atoms. The molecule has 0 atom stereocenters. The van der Waals surface area contributed by atoms with Crippen LogP contribution in [0.1, 0.15) is 39.2 Å². The van der Waals surface area contributed by atoms with E-state index in [-0.39, 0.29) is 38.5 Å². The van der Waals surface area contributed by atoms with Gasteiger partial charge in [-0.1, -0.05) is 35.0 Å². The summed E-state index contributed by atoms with van der Waals surface area (Å²) in [6.45, 7) is 0.928. The highest BCUT2D eigenvalue weighted by atomic mass is 35.5. The van der Waals surface area contributed by atoms with Gasteiger partial charge >= 0.3 is 5.38 Å². The molecule has 9 nitrogen and oxygen atoms in total. The van der Waals surface area contributed by atoms with Crippen molar-refractivity contribution in [1.82, 2.24) is 9.88 Å². The largest absolute Gasteiger partial charge is 0.495 e. The molecule has 4 rings (SSSR count). The molecule has 43 heavy (non-hydrogen) atoms. The number of nitrogens with zero attached hydrogens (tertiary/aromatic N) is 3. The van der Waals surface area contributed by atoms with Crippen LogP contribution < -0.4 is 15.2 Å². The van der Waals surface area contributed by atoms with Crippen molar-refractivity contribution in [3.05, 3.63) is 78.7 Å². The van der Waals surface area contributed by atoms with Crippen molar-refractivity contribution in [2.45, 2.75) is 34.7 Å². The third-order valence-corrected chi connectivity index (χ3v) is 8.90.